The summed E-state index contributed by atoms with van der Waals surface area (Å²) in [5.41, 5.74) is 6.31. The van der Waals surface area contributed by atoms with Crippen molar-refractivity contribution in [3.63, 3.8) is 0 Å². The van der Waals surface area contributed by atoms with Crippen LogP contribution in [0.1, 0.15) is 0 Å². The van der Waals surface area contributed by atoms with Crippen LogP contribution in [0.15, 0.2) is 55.1 Å². The van der Waals surface area contributed by atoms with E-state index in [1.165, 1.54) is 11.0 Å². The number of amides is 2. The molecule has 7 nitrogen and oxygen atoms in total. The number of aromatic nitrogens is 1. The van der Waals surface area contributed by atoms with Crippen molar-refractivity contribution in [3.05, 3.63) is 66.0 Å². The lowest BCUT2D eigenvalue weighted by molar-refractivity contribution is -0.136. The molecule has 1 aliphatic rings. The summed E-state index contributed by atoms with van der Waals surface area (Å²) >= 11 is 7.71. The van der Waals surface area contributed by atoms with Crippen LogP contribution in [0.5, 0.6) is 5.75 Å². The molecule has 1 aromatic heterocycles. The standard InChI is InChI=1S/C25H20ClFN4O3S/c1-2-20(33)31-8-7-30(12-19(31)24(28)34)25-17-11-18(26)21(22(27)23(17)29-35-25)16-10-14(32)9-13-5-3-4-6-15(13)16/h2-6,9-11,19,32H,1,7-8,12H2,(H2,28,34). The fourth-order valence-electron chi connectivity index (χ4n) is 4.57. The molecule has 0 aliphatic carbocycles. The maximum absolute atomic E-state index is 15.9. The van der Waals surface area contributed by atoms with Crippen LogP contribution in [0.4, 0.5) is 9.39 Å². The Balaban J connectivity index is 1.60. The number of nitrogens with two attached hydrogens (primary N) is 1. The SMILES string of the molecule is C=CC(=O)N1CCN(c2snc3c(F)c(-c4cc(O)cc5ccccc45)c(Cl)cc23)CC1C(N)=O. The first kappa shape index (κ1) is 23.1. The average molecular weight is 511 g/mol. The zero-order valence-electron chi connectivity index (χ0n) is 18.4. The van der Waals surface area contributed by atoms with Gasteiger partial charge in [0.1, 0.15) is 22.3 Å². The Morgan fingerprint density at radius 3 is 2.74 bits per heavy atom. The smallest absolute Gasteiger partial charge is 0.246 e. The molecular formula is C25H20ClFN4O3S. The van der Waals surface area contributed by atoms with Crippen molar-refractivity contribution < 1.29 is 19.1 Å². The Kier molecular flexibility index (Phi) is 5.82. The number of rotatable bonds is 4. The summed E-state index contributed by atoms with van der Waals surface area (Å²) in [7, 11) is 0. The van der Waals surface area contributed by atoms with E-state index in [1.807, 2.05) is 29.2 Å². The van der Waals surface area contributed by atoms with E-state index >= 15 is 4.39 Å². The number of piperazine rings is 1. The van der Waals surface area contributed by atoms with E-state index in [9.17, 15) is 14.7 Å². The second-order valence-corrected chi connectivity index (χ2v) is 9.40. The second kappa shape index (κ2) is 8.83. The largest absolute Gasteiger partial charge is 0.508 e. The predicted octanol–water partition coefficient (Wildman–Crippen LogP) is 4.30. The predicted molar refractivity (Wildman–Crippen MR) is 136 cm³/mol. The van der Waals surface area contributed by atoms with Gasteiger partial charge in [-0.15, -0.1) is 0 Å². The van der Waals surface area contributed by atoms with Gasteiger partial charge in [-0.2, -0.15) is 4.37 Å². The van der Waals surface area contributed by atoms with Crippen LogP contribution in [-0.4, -0.2) is 51.9 Å². The second-order valence-electron chi connectivity index (χ2n) is 8.25. The van der Waals surface area contributed by atoms with Crippen LogP contribution in [0.2, 0.25) is 5.02 Å². The average Bonchev–Trinajstić information content (AvgIpc) is 3.27. The molecule has 1 atom stereocenters. The van der Waals surface area contributed by atoms with Crippen molar-refractivity contribution in [2.24, 2.45) is 5.73 Å². The van der Waals surface area contributed by atoms with E-state index in [1.54, 1.807) is 12.1 Å². The van der Waals surface area contributed by atoms with Gasteiger partial charge in [-0.05, 0) is 52.1 Å². The number of halogens is 2. The fourth-order valence-corrected chi connectivity index (χ4v) is 5.75. The molecule has 10 heteroatoms. The lowest BCUT2D eigenvalue weighted by Gasteiger charge is -2.39. The number of hydrogen-bond acceptors (Lipinski definition) is 6. The fraction of sp³-hybridized carbons (Fsp3) is 0.160. The van der Waals surface area contributed by atoms with Gasteiger partial charge in [0.25, 0.3) is 0 Å². The highest BCUT2D eigenvalue weighted by atomic mass is 35.5. The number of hydrogen-bond donors (Lipinski definition) is 2. The van der Waals surface area contributed by atoms with Gasteiger partial charge in [0.2, 0.25) is 11.8 Å². The van der Waals surface area contributed by atoms with E-state index in [-0.39, 0.29) is 40.8 Å². The third kappa shape index (κ3) is 3.86. The summed E-state index contributed by atoms with van der Waals surface area (Å²) in [5.74, 6) is -1.61. The highest BCUT2D eigenvalue weighted by molar-refractivity contribution is 7.11. The maximum Gasteiger partial charge on any atom is 0.246 e. The first-order valence-corrected chi connectivity index (χ1v) is 11.9. The van der Waals surface area contributed by atoms with Gasteiger partial charge in [-0.3, -0.25) is 9.59 Å². The lowest BCUT2D eigenvalue weighted by Crippen LogP contribution is -2.59. The minimum absolute atomic E-state index is 0.00216. The van der Waals surface area contributed by atoms with Crippen LogP contribution >= 0.6 is 23.1 Å². The van der Waals surface area contributed by atoms with Crippen molar-refractivity contribution in [3.8, 4) is 16.9 Å². The summed E-state index contributed by atoms with van der Waals surface area (Å²) in [4.78, 5) is 27.5. The van der Waals surface area contributed by atoms with E-state index in [2.05, 4.69) is 11.0 Å². The number of phenolic OH excluding ortho intramolecular Hbond substituents is 1. The molecule has 0 saturated carbocycles. The molecule has 0 bridgehead atoms. The van der Waals surface area contributed by atoms with E-state index < -0.39 is 17.8 Å². The van der Waals surface area contributed by atoms with E-state index in [0.717, 1.165) is 28.4 Å². The first-order chi connectivity index (χ1) is 16.8. The molecule has 35 heavy (non-hydrogen) atoms. The van der Waals surface area contributed by atoms with Gasteiger partial charge in [-0.1, -0.05) is 42.4 Å². The Bertz CT molecular complexity index is 1520. The number of phenols is 1. The molecule has 1 aliphatic heterocycles. The molecule has 0 spiro atoms. The number of carbonyl (C=O) groups is 2. The van der Waals surface area contributed by atoms with Crippen LogP contribution in [-0.2, 0) is 9.59 Å². The molecule has 3 N–H and O–H groups in total. The topological polar surface area (TPSA) is 99.8 Å². The summed E-state index contributed by atoms with van der Waals surface area (Å²) in [6.07, 6.45) is 1.15. The normalized spacial score (nSPS) is 16.1. The highest BCUT2D eigenvalue weighted by Gasteiger charge is 2.35. The Morgan fingerprint density at radius 1 is 1.23 bits per heavy atom. The summed E-state index contributed by atoms with van der Waals surface area (Å²) < 4.78 is 20.3. The number of anilines is 1. The molecule has 5 rings (SSSR count). The third-order valence-electron chi connectivity index (χ3n) is 6.22. The minimum Gasteiger partial charge on any atom is -0.508 e. The minimum atomic E-state index is -0.857. The summed E-state index contributed by atoms with van der Waals surface area (Å²) in [6, 6.07) is 11.2. The zero-order valence-corrected chi connectivity index (χ0v) is 19.9. The van der Waals surface area contributed by atoms with Gasteiger partial charge in [0, 0.05) is 30.6 Å². The van der Waals surface area contributed by atoms with E-state index in [4.69, 9.17) is 17.3 Å². The van der Waals surface area contributed by atoms with E-state index in [0.29, 0.717) is 22.5 Å². The van der Waals surface area contributed by atoms with Crippen molar-refractivity contribution in [1.82, 2.24) is 9.27 Å². The van der Waals surface area contributed by atoms with Gasteiger partial charge < -0.3 is 20.6 Å². The number of nitrogens with zero attached hydrogens (tertiary/aromatic N) is 3. The van der Waals surface area contributed by atoms with Crippen LogP contribution in [0.25, 0.3) is 32.8 Å². The highest BCUT2D eigenvalue weighted by Crippen LogP contribution is 2.44. The molecule has 1 unspecified atom stereocenters. The van der Waals surface area contributed by atoms with Gasteiger partial charge in [0.05, 0.1) is 5.02 Å². The summed E-state index contributed by atoms with van der Waals surface area (Å²) in [5, 5.41) is 13.0. The Labute approximate surface area is 209 Å². The van der Waals surface area contributed by atoms with Gasteiger partial charge in [-0.25, -0.2) is 4.39 Å². The number of carbonyl (C=O) groups excluding carboxylic acids is 2. The Hall–Kier alpha value is -3.69. The zero-order chi connectivity index (χ0) is 24.9. The number of aromatic hydroxyl groups is 1. The number of fused-ring (bicyclic) bond motifs is 2. The van der Waals surface area contributed by atoms with Crippen molar-refractivity contribution in [2.75, 3.05) is 24.5 Å². The molecular weight excluding hydrogens is 491 g/mol. The van der Waals surface area contributed by atoms with Crippen molar-refractivity contribution in [1.29, 1.82) is 0 Å². The molecule has 4 aromatic rings. The molecule has 2 heterocycles. The molecule has 178 valence electrons. The van der Waals surface area contributed by atoms with Crippen LogP contribution < -0.4 is 10.6 Å². The van der Waals surface area contributed by atoms with Gasteiger partial charge in [0.15, 0.2) is 5.82 Å². The van der Waals surface area contributed by atoms with Crippen molar-refractivity contribution >= 4 is 61.6 Å². The number of primary amides is 1. The molecule has 2 amide bonds. The van der Waals surface area contributed by atoms with Crippen molar-refractivity contribution in [2.45, 2.75) is 6.04 Å². The quantitative estimate of drug-likeness (QED) is 0.399. The van der Waals surface area contributed by atoms with Crippen LogP contribution in [0.3, 0.4) is 0 Å². The molecule has 1 fully saturated rings. The Morgan fingerprint density at radius 2 is 2.00 bits per heavy atom. The number of benzene rings is 3. The monoisotopic (exact) mass is 510 g/mol. The summed E-state index contributed by atoms with van der Waals surface area (Å²) in [6.45, 7) is 4.28. The molecule has 0 radical (unpaired) electrons. The third-order valence-corrected chi connectivity index (χ3v) is 7.44. The molecule has 1 saturated heterocycles. The maximum atomic E-state index is 15.9. The molecule has 3 aromatic carbocycles. The van der Waals surface area contributed by atoms with Gasteiger partial charge >= 0.3 is 0 Å². The lowest BCUT2D eigenvalue weighted by atomic mass is 9.96. The van der Waals surface area contributed by atoms with Crippen LogP contribution in [0, 0.1) is 5.82 Å². The first-order valence-electron chi connectivity index (χ1n) is 10.8.